The number of hydrogen-bond acceptors (Lipinski definition) is 3. The lowest BCUT2D eigenvalue weighted by Crippen LogP contribution is -2.22. The summed E-state index contributed by atoms with van der Waals surface area (Å²) in [5.74, 6) is -0.723. The molecule has 1 fully saturated rings. The summed E-state index contributed by atoms with van der Waals surface area (Å²) in [6.45, 7) is 3.86. The van der Waals surface area contributed by atoms with Crippen molar-refractivity contribution in [1.29, 1.82) is 0 Å². The number of anilines is 1. The second-order valence-corrected chi connectivity index (χ2v) is 5.00. The molecule has 0 radical (unpaired) electrons. The molecule has 4 heteroatoms. The van der Waals surface area contributed by atoms with Crippen molar-refractivity contribution in [3.05, 3.63) is 29.8 Å². The molecule has 1 aromatic rings. The Bertz CT molecular complexity index is 414. The molecule has 0 aromatic heterocycles. The van der Waals surface area contributed by atoms with Crippen molar-refractivity contribution >= 4 is 11.7 Å². The summed E-state index contributed by atoms with van der Waals surface area (Å²) in [5, 5.41) is 11.9. The molecule has 2 rings (SSSR count). The van der Waals surface area contributed by atoms with Gasteiger partial charge in [-0.2, -0.15) is 0 Å². The first-order valence-electron chi connectivity index (χ1n) is 7.03. The summed E-state index contributed by atoms with van der Waals surface area (Å²) in [7, 11) is 0. The highest BCUT2D eigenvalue weighted by Gasteiger charge is 2.14. The van der Waals surface area contributed by atoms with Crippen LogP contribution in [-0.2, 0) is 11.3 Å². The molecule has 1 heterocycles. The van der Waals surface area contributed by atoms with E-state index in [1.165, 1.54) is 24.1 Å². The van der Waals surface area contributed by atoms with Crippen LogP contribution in [0.1, 0.15) is 31.2 Å². The number of carboxylic acid groups (broad SMARTS) is 1. The fourth-order valence-corrected chi connectivity index (χ4v) is 2.51. The molecule has 2 N–H and O–H groups in total. The van der Waals surface area contributed by atoms with Gasteiger partial charge in [0.2, 0.25) is 0 Å². The maximum atomic E-state index is 10.4. The number of aliphatic carboxylic acids is 1. The van der Waals surface area contributed by atoms with Crippen LogP contribution in [0.4, 0.5) is 5.69 Å². The van der Waals surface area contributed by atoms with E-state index in [2.05, 4.69) is 34.5 Å². The van der Waals surface area contributed by atoms with Gasteiger partial charge in [0.1, 0.15) is 0 Å². The van der Waals surface area contributed by atoms with Crippen LogP contribution < -0.4 is 10.2 Å². The molecule has 0 spiro atoms. The van der Waals surface area contributed by atoms with E-state index in [0.29, 0.717) is 6.42 Å². The van der Waals surface area contributed by atoms with Gasteiger partial charge in [-0.1, -0.05) is 18.2 Å². The fraction of sp³-hybridized carbons (Fsp3) is 0.533. The number of hydrogen-bond donors (Lipinski definition) is 2. The van der Waals surface area contributed by atoms with Crippen LogP contribution in [0.15, 0.2) is 24.3 Å². The standard InChI is InChI=1S/C15H22N2O2/c18-15(19)8-5-9-16-12-13-6-1-2-7-14(13)17-10-3-4-11-17/h1-2,6-7,16H,3-5,8-12H2,(H,18,19). The zero-order valence-electron chi connectivity index (χ0n) is 11.3. The number of para-hydroxylation sites is 1. The Labute approximate surface area is 114 Å². The molecule has 1 saturated heterocycles. The highest BCUT2D eigenvalue weighted by atomic mass is 16.4. The zero-order chi connectivity index (χ0) is 13.5. The first-order valence-corrected chi connectivity index (χ1v) is 7.03. The van der Waals surface area contributed by atoms with E-state index in [9.17, 15) is 4.79 Å². The average Bonchev–Trinajstić information content (AvgIpc) is 2.92. The molecule has 0 atom stereocenters. The van der Waals surface area contributed by atoms with Gasteiger partial charge in [0.05, 0.1) is 0 Å². The van der Waals surface area contributed by atoms with E-state index < -0.39 is 5.97 Å². The van der Waals surface area contributed by atoms with Crippen LogP contribution in [0.25, 0.3) is 0 Å². The number of nitrogens with zero attached hydrogens (tertiary/aromatic N) is 1. The largest absolute Gasteiger partial charge is 0.481 e. The smallest absolute Gasteiger partial charge is 0.303 e. The van der Waals surface area contributed by atoms with Gasteiger partial charge in [-0.15, -0.1) is 0 Å². The Kier molecular flexibility index (Phi) is 5.21. The molecule has 0 unspecified atom stereocenters. The monoisotopic (exact) mass is 262 g/mol. The van der Waals surface area contributed by atoms with Crippen molar-refractivity contribution in [2.24, 2.45) is 0 Å². The van der Waals surface area contributed by atoms with E-state index >= 15 is 0 Å². The van der Waals surface area contributed by atoms with Crippen LogP contribution in [0, 0.1) is 0 Å². The van der Waals surface area contributed by atoms with Gasteiger partial charge in [0, 0.05) is 31.7 Å². The molecule has 0 bridgehead atoms. The minimum atomic E-state index is -0.723. The average molecular weight is 262 g/mol. The second-order valence-electron chi connectivity index (χ2n) is 5.00. The maximum Gasteiger partial charge on any atom is 0.303 e. The minimum absolute atomic E-state index is 0.237. The number of nitrogens with one attached hydrogen (secondary N) is 1. The normalized spacial score (nSPS) is 14.8. The molecule has 0 saturated carbocycles. The lowest BCUT2D eigenvalue weighted by atomic mass is 10.1. The molecule has 0 aliphatic carbocycles. The Hall–Kier alpha value is -1.55. The van der Waals surface area contributed by atoms with Crippen LogP contribution in [-0.4, -0.2) is 30.7 Å². The van der Waals surface area contributed by atoms with Gasteiger partial charge < -0.3 is 15.3 Å². The third kappa shape index (κ3) is 4.24. The van der Waals surface area contributed by atoms with Crippen LogP contribution in [0.2, 0.25) is 0 Å². The van der Waals surface area contributed by atoms with E-state index in [0.717, 1.165) is 26.2 Å². The van der Waals surface area contributed by atoms with E-state index in [1.54, 1.807) is 0 Å². The molecular formula is C15H22N2O2. The topological polar surface area (TPSA) is 52.6 Å². The molecule has 0 amide bonds. The van der Waals surface area contributed by atoms with Gasteiger partial charge in [-0.25, -0.2) is 0 Å². The zero-order valence-corrected chi connectivity index (χ0v) is 11.3. The van der Waals surface area contributed by atoms with Crippen LogP contribution in [0.3, 0.4) is 0 Å². The highest BCUT2D eigenvalue weighted by Crippen LogP contribution is 2.24. The van der Waals surface area contributed by atoms with Crippen molar-refractivity contribution in [3.8, 4) is 0 Å². The third-order valence-electron chi connectivity index (χ3n) is 3.50. The Balaban J connectivity index is 1.84. The van der Waals surface area contributed by atoms with Crippen molar-refractivity contribution < 1.29 is 9.90 Å². The molecule has 19 heavy (non-hydrogen) atoms. The van der Waals surface area contributed by atoms with Crippen molar-refractivity contribution in [1.82, 2.24) is 5.32 Å². The first-order chi connectivity index (χ1) is 9.27. The fourth-order valence-electron chi connectivity index (χ4n) is 2.51. The summed E-state index contributed by atoms with van der Waals surface area (Å²) >= 11 is 0. The summed E-state index contributed by atoms with van der Waals surface area (Å²) in [6, 6.07) is 8.48. The van der Waals surface area contributed by atoms with E-state index in [4.69, 9.17) is 5.11 Å². The predicted molar refractivity (Wildman–Crippen MR) is 76.5 cm³/mol. The van der Waals surface area contributed by atoms with Gasteiger partial charge in [-0.3, -0.25) is 4.79 Å². The molecular weight excluding hydrogens is 240 g/mol. The summed E-state index contributed by atoms with van der Waals surface area (Å²) in [6.07, 6.45) is 3.47. The quantitative estimate of drug-likeness (QED) is 0.740. The molecule has 1 aliphatic rings. The molecule has 4 nitrogen and oxygen atoms in total. The first kappa shape index (κ1) is 13.9. The Morgan fingerprint density at radius 2 is 2.00 bits per heavy atom. The van der Waals surface area contributed by atoms with Crippen molar-refractivity contribution in [2.75, 3.05) is 24.5 Å². The second kappa shape index (κ2) is 7.14. The molecule has 1 aromatic carbocycles. The lowest BCUT2D eigenvalue weighted by molar-refractivity contribution is -0.137. The molecule has 1 aliphatic heterocycles. The summed E-state index contributed by atoms with van der Waals surface area (Å²) in [5.41, 5.74) is 2.63. The van der Waals surface area contributed by atoms with Gasteiger partial charge >= 0.3 is 5.97 Å². The number of rotatable bonds is 7. The lowest BCUT2D eigenvalue weighted by Gasteiger charge is -2.21. The maximum absolute atomic E-state index is 10.4. The van der Waals surface area contributed by atoms with E-state index in [-0.39, 0.29) is 6.42 Å². The van der Waals surface area contributed by atoms with Gasteiger partial charge in [0.25, 0.3) is 0 Å². The SMILES string of the molecule is O=C(O)CCCNCc1ccccc1N1CCCC1. The van der Waals surface area contributed by atoms with E-state index in [1.807, 2.05) is 0 Å². The predicted octanol–water partition coefficient (Wildman–Crippen LogP) is 2.24. The van der Waals surface area contributed by atoms with Gasteiger partial charge in [0.15, 0.2) is 0 Å². The van der Waals surface area contributed by atoms with Crippen LogP contribution >= 0.6 is 0 Å². The molecule has 104 valence electrons. The van der Waals surface area contributed by atoms with Crippen LogP contribution in [0.5, 0.6) is 0 Å². The number of carboxylic acids is 1. The Morgan fingerprint density at radius 3 is 2.74 bits per heavy atom. The summed E-state index contributed by atoms with van der Waals surface area (Å²) < 4.78 is 0. The van der Waals surface area contributed by atoms with Gasteiger partial charge in [-0.05, 0) is 37.4 Å². The Morgan fingerprint density at radius 1 is 1.26 bits per heavy atom. The van der Waals surface area contributed by atoms with Crippen molar-refractivity contribution in [2.45, 2.75) is 32.2 Å². The minimum Gasteiger partial charge on any atom is -0.481 e. The van der Waals surface area contributed by atoms with Crippen molar-refractivity contribution in [3.63, 3.8) is 0 Å². The summed E-state index contributed by atoms with van der Waals surface area (Å²) in [4.78, 5) is 12.9. The highest BCUT2D eigenvalue weighted by molar-refractivity contribution is 5.66. The number of carbonyl (C=O) groups is 1. The third-order valence-corrected chi connectivity index (χ3v) is 3.50. The number of benzene rings is 1.